The molecule has 0 aliphatic heterocycles. The summed E-state index contributed by atoms with van der Waals surface area (Å²) in [7, 11) is -3.04. The summed E-state index contributed by atoms with van der Waals surface area (Å²) in [6.45, 7) is 0. The molecular formula is C6H10N4O2S. The average molecular weight is 202 g/mol. The minimum atomic E-state index is -3.04. The van der Waals surface area contributed by atoms with Crippen LogP contribution in [0.25, 0.3) is 0 Å². The molecule has 0 aromatic carbocycles. The Bertz CT molecular complexity index is 372. The predicted molar refractivity (Wildman–Crippen MR) is 49.8 cm³/mol. The molecule has 0 aliphatic carbocycles. The molecule has 0 atom stereocenters. The molecule has 0 fully saturated rings. The number of nitrogens with two attached hydrogens (primary N) is 1. The molecule has 0 radical (unpaired) electrons. The Kier molecular flexibility index (Phi) is 2.66. The Morgan fingerprint density at radius 3 is 2.62 bits per heavy atom. The first-order chi connectivity index (χ1) is 5.97. The topological polar surface area (TPSA) is 98.0 Å². The van der Waals surface area contributed by atoms with Crippen LogP contribution in [0.15, 0.2) is 12.1 Å². The van der Waals surface area contributed by atoms with Crippen molar-refractivity contribution in [2.24, 2.45) is 0 Å². The molecule has 1 rings (SSSR count). The number of rotatable bonds is 3. The number of hydrogen-bond acceptors (Lipinski definition) is 6. The zero-order valence-corrected chi connectivity index (χ0v) is 7.87. The van der Waals surface area contributed by atoms with Crippen molar-refractivity contribution in [3.8, 4) is 0 Å². The van der Waals surface area contributed by atoms with Crippen molar-refractivity contribution in [3.05, 3.63) is 12.1 Å². The predicted octanol–water partition coefficient (Wildman–Crippen LogP) is -0.527. The van der Waals surface area contributed by atoms with Crippen LogP contribution in [0.5, 0.6) is 0 Å². The van der Waals surface area contributed by atoms with E-state index < -0.39 is 9.84 Å². The van der Waals surface area contributed by atoms with Gasteiger partial charge in [-0.2, -0.15) is 0 Å². The summed E-state index contributed by atoms with van der Waals surface area (Å²) in [4.78, 5) is 0. The van der Waals surface area contributed by atoms with E-state index in [0.29, 0.717) is 11.6 Å². The largest absolute Gasteiger partial charge is 0.382 e. The quantitative estimate of drug-likeness (QED) is 0.684. The lowest BCUT2D eigenvalue weighted by Crippen LogP contribution is -2.13. The normalized spacial score (nSPS) is 11.2. The summed E-state index contributed by atoms with van der Waals surface area (Å²) < 4.78 is 21.5. The molecule has 0 saturated carbocycles. The van der Waals surface area contributed by atoms with E-state index in [0.717, 1.165) is 6.26 Å². The fraction of sp³-hybridized carbons (Fsp3) is 0.333. The molecule has 3 N–H and O–H groups in total. The first-order valence-corrected chi connectivity index (χ1v) is 5.54. The second kappa shape index (κ2) is 3.56. The molecule has 0 aliphatic rings. The summed E-state index contributed by atoms with van der Waals surface area (Å²) >= 11 is 0. The molecule has 0 unspecified atom stereocenters. The van der Waals surface area contributed by atoms with Gasteiger partial charge >= 0.3 is 0 Å². The highest BCUT2D eigenvalue weighted by atomic mass is 32.2. The number of nitrogens with zero attached hydrogens (tertiary/aromatic N) is 2. The Labute approximate surface area is 76.1 Å². The second-order valence-electron chi connectivity index (χ2n) is 2.59. The SMILES string of the molecule is CS(=O)(=O)CNc1ccc(N)nn1. The van der Waals surface area contributed by atoms with Crippen molar-refractivity contribution in [2.45, 2.75) is 0 Å². The van der Waals surface area contributed by atoms with Crippen LogP contribution in [0.3, 0.4) is 0 Å². The van der Waals surface area contributed by atoms with Gasteiger partial charge in [0.05, 0.1) is 0 Å². The molecule has 0 bridgehead atoms. The van der Waals surface area contributed by atoms with Crippen LogP contribution in [-0.2, 0) is 9.84 Å². The average Bonchev–Trinajstić information content (AvgIpc) is 2.02. The molecule has 0 amide bonds. The minimum absolute atomic E-state index is 0.161. The lowest BCUT2D eigenvalue weighted by atomic mass is 10.5. The minimum Gasteiger partial charge on any atom is -0.382 e. The highest BCUT2D eigenvalue weighted by Gasteiger charge is 2.01. The maximum atomic E-state index is 10.7. The lowest BCUT2D eigenvalue weighted by molar-refractivity contribution is 0.603. The van der Waals surface area contributed by atoms with E-state index in [4.69, 9.17) is 5.73 Å². The summed E-state index contributed by atoms with van der Waals surface area (Å²) in [5.74, 6) is 0.524. The molecule has 1 aromatic rings. The zero-order valence-electron chi connectivity index (χ0n) is 7.06. The fourth-order valence-corrected chi connectivity index (χ4v) is 1.05. The van der Waals surface area contributed by atoms with Gasteiger partial charge in [-0.1, -0.05) is 0 Å². The Balaban J connectivity index is 2.61. The van der Waals surface area contributed by atoms with Crippen molar-refractivity contribution < 1.29 is 8.42 Å². The lowest BCUT2D eigenvalue weighted by Gasteiger charge is -2.01. The fourth-order valence-electron chi connectivity index (χ4n) is 0.642. The van der Waals surface area contributed by atoms with Crippen LogP contribution in [-0.4, -0.2) is 30.7 Å². The van der Waals surface area contributed by atoms with E-state index in [1.54, 1.807) is 6.07 Å². The second-order valence-corrected chi connectivity index (χ2v) is 4.73. The third kappa shape index (κ3) is 3.70. The third-order valence-electron chi connectivity index (χ3n) is 1.20. The Morgan fingerprint density at radius 1 is 1.46 bits per heavy atom. The zero-order chi connectivity index (χ0) is 9.90. The van der Waals surface area contributed by atoms with Crippen molar-refractivity contribution in [2.75, 3.05) is 23.2 Å². The van der Waals surface area contributed by atoms with Gasteiger partial charge in [-0.3, -0.25) is 0 Å². The number of sulfone groups is 1. The van der Waals surface area contributed by atoms with E-state index in [1.807, 2.05) is 0 Å². The molecule has 72 valence electrons. The highest BCUT2D eigenvalue weighted by Crippen LogP contribution is 2.02. The van der Waals surface area contributed by atoms with Crippen LogP contribution < -0.4 is 11.1 Å². The monoisotopic (exact) mass is 202 g/mol. The van der Waals surface area contributed by atoms with Crippen LogP contribution in [0.4, 0.5) is 11.6 Å². The van der Waals surface area contributed by atoms with Gasteiger partial charge in [0.1, 0.15) is 17.5 Å². The number of hydrogen-bond donors (Lipinski definition) is 2. The van der Waals surface area contributed by atoms with Crippen LogP contribution in [0, 0.1) is 0 Å². The summed E-state index contributed by atoms with van der Waals surface area (Å²) in [5, 5.41) is 9.78. The standard InChI is InChI=1S/C6H10N4O2S/c1-13(11,12)4-8-6-3-2-5(7)9-10-6/h2-3H,4H2,1H3,(H2,7,9)(H,8,10). The number of aromatic nitrogens is 2. The maximum absolute atomic E-state index is 10.7. The summed E-state index contributed by atoms with van der Waals surface area (Å²) in [6.07, 6.45) is 1.13. The molecule has 13 heavy (non-hydrogen) atoms. The van der Waals surface area contributed by atoms with Crippen molar-refractivity contribution in [1.29, 1.82) is 0 Å². The molecular weight excluding hydrogens is 192 g/mol. The van der Waals surface area contributed by atoms with Gasteiger partial charge in [0.2, 0.25) is 0 Å². The third-order valence-corrected chi connectivity index (χ3v) is 1.87. The number of nitrogens with one attached hydrogen (secondary N) is 1. The van der Waals surface area contributed by atoms with Gasteiger partial charge in [-0.25, -0.2) is 8.42 Å². The van der Waals surface area contributed by atoms with Crippen LogP contribution in [0.2, 0.25) is 0 Å². The highest BCUT2D eigenvalue weighted by molar-refractivity contribution is 7.90. The smallest absolute Gasteiger partial charge is 0.165 e. The Morgan fingerprint density at radius 2 is 2.15 bits per heavy atom. The molecule has 0 saturated heterocycles. The van der Waals surface area contributed by atoms with Crippen molar-refractivity contribution in [1.82, 2.24) is 10.2 Å². The molecule has 1 aromatic heterocycles. The number of nitrogen functional groups attached to an aromatic ring is 1. The van der Waals surface area contributed by atoms with E-state index in [-0.39, 0.29) is 5.88 Å². The molecule has 1 heterocycles. The van der Waals surface area contributed by atoms with Crippen LogP contribution >= 0.6 is 0 Å². The van der Waals surface area contributed by atoms with E-state index in [1.165, 1.54) is 6.07 Å². The molecule has 7 heteroatoms. The summed E-state index contributed by atoms with van der Waals surface area (Å²) in [6, 6.07) is 3.10. The molecule has 6 nitrogen and oxygen atoms in total. The van der Waals surface area contributed by atoms with Gasteiger partial charge < -0.3 is 11.1 Å². The maximum Gasteiger partial charge on any atom is 0.165 e. The van der Waals surface area contributed by atoms with Gasteiger partial charge in [0.15, 0.2) is 9.84 Å². The van der Waals surface area contributed by atoms with E-state index in [9.17, 15) is 8.42 Å². The van der Waals surface area contributed by atoms with Crippen molar-refractivity contribution >= 4 is 21.5 Å². The van der Waals surface area contributed by atoms with Crippen LogP contribution in [0.1, 0.15) is 0 Å². The number of anilines is 2. The van der Waals surface area contributed by atoms with Gasteiger partial charge in [-0.15, -0.1) is 10.2 Å². The first kappa shape index (κ1) is 9.72. The molecule has 0 spiro atoms. The van der Waals surface area contributed by atoms with Gasteiger partial charge in [0, 0.05) is 6.26 Å². The van der Waals surface area contributed by atoms with Gasteiger partial charge in [-0.05, 0) is 12.1 Å². The Hall–Kier alpha value is -1.37. The van der Waals surface area contributed by atoms with E-state index in [2.05, 4.69) is 15.5 Å². The summed E-state index contributed by atoms with van der Waals surface area (Å²) in [5.41, 5.74) is 5.29. The first-order valence-electron chi connectivity index (χ1n) is 3.48. The van der Waals surface area contributed by atoms with Crippen molar-refractivity contribution in [3.63, 3.8) is 0 Å². The van der Waals surface area contributed by atoms with E-state index >= 15 is 0 Å². The van der Waals surface area contributed by atoms with Gasteiger partial charge in [0.25, 0.3) is 0 Å².